The quantitative estimate of drug-likeness (QED) is 0.523. The molecule has 2 nitrogen and oxygen atoms in total. The van der Waals surface area contributed by atoms with Gasteiger partial charge in [0, 0.05) is 27.9 Å². The van der Waals surface area contributed by atoms with Gasteiger partial charge in [-0.25, -0.2) is 0 Å². The third kappa shape index (κ3) is 5.45. The highest BCUT2D eigenvalue weighted by molar-refractivity contribution is 9.09. The zero-order chi connectivity index (χ0) is 17.0. The smallest absolute Gasteiger partial charge is 0.126 e. The van der Waals surface area contributed by atoms with Crippen LogP contribution >= 0.6 is 31.9 Å². The van der Waals surface area contributed by atoms with E-state index < -0.39 is 0 Å². The van der Waals surface area contributed by atoms with Crippen LogP contribution in [0.5, 0.6) is 11.5 Å². The molecule has 0 heterocycles. The molecule has 0 saturated carbocycles. The van der Waals surface area contributed by atoms with Gasteiger partial charge in [0.15, 0.2) is 0 Å². The van der Waals surface area contributed by atoms with Crippen LogP contribution in [-0.4, -0.2) is 23.9 Å². The molecule has 126 valence electrons. The van der Waals surface area contributed by atoms with Gasteiger partial charge >= 0.3 is 0 Å². The lowest BCUT2D eigenvalue weighted by molar-refractivity contribution is 0.314. The zero-order valence-electron chi connectivity index (χ0n) is 14.6. The average molecular weight is 436 g/mol. The van der Waals surface area contributed by atoms with Crippen molar-refractivity contribution in [3.8, 4) is 11.5 Å². The third-order valence-corrected chi connectivity index (χ3v) is 4.01. The zero-order valence-corrected chi connectivity index (χ0v) is 17.7. The van der Waals surface area contributed by atoms with Crippen molar-refractivity contribution in [2.24, 2.45) is 0 Å². The molecule has 0 aromatic heterocycles. The van der Waals surface area contributed by atoms with E-state index in [1.165, 1.54) is 11.1 Å². The lowest BCUT2D eigenvalue weighted by Crippen LogP contribution is -2.19. The van der Waals surface area contributed by atoms with E-state index in [2.05, 4.69) is 85.5 Å². The number of rotatable bonds is 6. The minimum atomic E-state index is 0.0234. The number of hydrogen-bond acceptors (Lipinski definition) is 2. The molecule has 0 saturated heterocycles. The Balaban J connectivity index is 3.42. The molecular weight excluding hydrogens is 408 g/mol. The molecule has 0 amide bonds. The van der Waals surface area contributed by atoms with Gasteiger partial charge in [0.2, 0.25) is 0 Å². The third-order valence-electron chi connectivity index (χ3n) is 3.37. The monoisotopic (exact) mass is 434 g/mol. The lowest BCUT2D eigenvalue weighted by Gasteiger charge is -2.29. The first-order valence-electron chi connectivity index (χ1n) is 7.67. The molecule has 0 aliphatic carbocycles. The van der Waals surface area contributed by atoms with Crippen molar-refractivity contribution in [2.45, 2.75) is 52.4 Å². The lowest BCUT2D eigenvalue weighted by atomic mass is 9.79. The first kappa shape index (κ1) is 19.8. The summed E-state index contributed by atoms with van der Waals surface area (Å²) in [6.07, 6.45) is 0. The van der Waals surface area contributed by atoms with Gasteiger partial charge in [0.1, 0.15) is 11.5 Å². The van der Waals surface area contributed by atoms with E-state index in [1.54, 1.807) is 0 Å². The summed E-state index contributed by atoms with van der Waals surface area (Å²) in [5, 5.41) is 1.63. The van der Waals surface area contributed by atoms with Crippen LogP contribution in [0.1, 0.15) is 52.7 Å². The highest BCUT2D eigenvalue weighted by atomic mass is 79.9. The fourth-order valence-electron chi connectivity index (χ4n) is 2.27. The van der Waals surface area contributed by atoms with Crippen molar-refractivity contribution in [1.29, 1.82) is 0 Å². The van der Waals surface area contributed by atoms with E-state index in [-0.39, 0.29) is 10.8 Å². The molecule has 1 aromatic carbocycles. The van der Waals surface area contributed by atoms with Crippen LogP contribution in [0.3, 0.4) is 0 Å². The van der Waals surface area contributed by atoms with Gasteiger partial charge in [0.25, 0.3) is 0 Å². The van der Waals surface area contributed by atoms with Crippen molar-refractivity contribution in [2.75, 3.05) is 23.9 Å². The first-order chi connectivity index (χ1) is 10.1. The van der Waals surface area contributed by atoms with Crippen LogP contribution in [0, 0.1) is 0 Å². The molecule has 0 aliphatic rings. The van der Waals surface area contributed by atoms with Crippen LogP contribution in [0.2, 0.25) is 0 Å². The normalized spacial score (nSPS) is 12.4. The van der Waals surface area contributed by atoms with Crippen LogP contribution in [-0.2, 0) is 10.8 Å². The summed E-state index contributed by atoms with van der Waals surface area (Å²) in [6.45, 7) is 14.6. The fraction of sp³-hybridized carbons (Fsp3) is 0.667. The van der Waals surface area contributed by atoms with Gasteiger partial charge in [-0.05, 0) is 16.9 Å². The maximum absolute atomic E-state index is 5.96. The van der Waals surface area contributed by atoms with E-state index >= 15 is 0 Å². The maximum atomic E-state index is 5.96. The Hall–Kier alpha value is -0.220. The fourth-order valence-corrected chi connectivity index (χ4v) is 2.59. The molecule has 0 N–H and O–H groups in total. The number of alkyl halides is 2. The number of benzene rings is 1. The van der Waals surface area contributed by atoms with Gasteiger partial charge in [-0.15, -0.1) is 0 Å². The van der Waals surface area contributed by atoms with Crippen molar-refractivity contribution in [3.05, 3.63) is 23.3 Å². The summed E-state index contributed by atoms with van der Waals surface area (Å²) < 4.78 is 11.9. The Morgan fingerprint density at radius 2 is 1.09 bits per heavy atom. The average Bonchev–Trinajstić information content (AvgIpc) is 2.39. The summed E-state index contributed by atoms with van der Waals surface area (Å²) in [5.41, 5.74) is 2.50. The van der Waals surface area contributed by atoms with E-state index in [0.717, 1.165) is 22.2 Å². The molecule has 0 aliphatic heterocycles. The molecule has 1 aromatic rings. The molecule has 1 rings (SSSR count). The highest BCUT2D eigenvalue weighted by Gasteiger charge is 2.26. The SMILES string of the molecule is CC(C)(C)c1cc(C(C)(C)C)c(OCCBr)cc1OCCBr. The van der Waals surface area contributed by atoms with E-state index in [0.29, 0.717) is 13.2 Å². The van der Waals surface area contributed by atoms with Crippen molar-refractivity contribution >= 4 is 31.9 Å². The summed E-state index contributed by atoms with van der Waals surface area (Å²) in [7, 11) is 0. The molecule has 0 atom stereocenters. The predicted octanol–water partition coefficient (Wildman–Crippen LogP) is 5.83. The minimum absolute atomic E-state index is 0.0234. The van der Waals surface area contributed by atoms with Crippen LogP contribution < -0.4 is 9.47 Å². The number of halogens is 2. The minimum Gasteiger partial charge on any atom is -0.492 e. The van der Waals surface area contributed by atoms with Gasteiger partial charge < -0.3 is 9.47 Å². The summed E-state index contributed by atoms with van der Waals surface area (Å²) >= 11 is 6.85. The summed E-state index contributed by atoms with van der Waals surface area (Å²) in [4.78, 5) is 0. The molecule has 0 spiro atoms. The van der Waals surface area contributed by atoms with Crippen molar-refractivity contribution in [3.63, 3.8) is 0 Å². The van der Waals surface area contributed by atoms with E-state index in [1.807, 2.05) is 0 Å². The predicted molar refractivity (Wildman–Crippen MR) is 102 cm³/mol. The number of hydrogen-bond donors (Lipinski definition) is 0. The summed E-state index contributed by atoms with van der Waals surface area (Å²) in [5.74, 6) is 1.84. The highest BCUT2D eigenvalue weighted by Crippen LogP contribution is 2.41. The second kappa shape index (κ2) is 8.05. The van der Waals surface area contributed by atoms with Gasteiger partial charge in [-0.1, -0.05) is 73.4 Å². The van der Waals surface area contributed by atoms with Gasteiger partial charge in [-0.2, -0.15) is 0 Å². The van der Waals surface area contributed by atoms with Crippen LogP contribution in [0.4, 0.5) is 0 Å². The topological polar surface area (TPSA) is 18.5 Å². The molecule has 0 unspecified atom stereocenters. The standard InChI is InChI=1S/C18H28Br2O2/c1-17(2,3)13-11-14(18(4,5)6)16(22-10-8-20)12-15(13)21-9-7-19/h11-12H,7-10H2,1-6H3. The van der Waals surface area contributed by atoms with E-state index in [4.69, 9.17) is 9.47 Å². The molecule has 0 bridgehead atoms. The van der Waals surface area contributed by atoms with E-state index in [9.17, 15) is 0 Å². The van der Waals surface area contributed by atoms with Gasteiger partial charge in [-0.3, -0.25) is 0 Å². The Bertz CT molecular complexity index is 444. The second-order valence-corrected chi connectivity index (χ2v) is 9.01. The molecule has 0 fully saturated rings. The maximum Gasteiger partial charge on any atom is 0.126 e. The van der Waals surface area contributed by atoms with Crippen molar-refractivity contribution in [1.82, 2.24) is 0 Å². The first-order valence-corrected chi connectivity index (χ1v) is 9.92. The largest absolute Gasteiger partial charge is 0.492 e. The molecular formula is C18H28Br2O2. The Labute approximate surface area is 152 Å². The Morgan fingerprint density at radius 3 is 1.36 bits per heavy atom. The second-order valence-electron chi connectivity index (χ2n) is 7.42. The van der Waals surface area contributed by atoms with Crippen molar-refractivity contribution < 1.29 is 9.47 Å². The number of ether oxygens (including phenoxy) is 2. The van der Waals surface area contributed by atoms with Crippen LogP contribution in [0.25, 0.3) is 0 Å². The molecule has 4 heteroatoms. The molecule has 0 radical (unpaired) electrons. The Kier molecular flexibility index (Phi) is 7.25. The van der Waals surface area contributed by atoms with Crippen LogP contribution in [0.15, 0.2) is 12.1 Å². The van der Waals surface area contributed by atoms with Gasteiger partial charge in [0.05, 0.1) is 13.2 Å². The molecule has 22 heavy (non-hydrogen) atoms. The summed E-state index contributed by atoms with van der Waals surface area (Å²) in [6, 6.07) is 4.32. The Morgan fingerprint density at radius 1 is 0.727 bits per heavy atom.